The number of likely N-dealkylation sites (N-methyl/N-ethyl adjacent to an activating group) is 1. The first kappa shape index (κ1) is 15.9. The number of aliphatic hydroxyl groups is 1. The fourth-order valence-electron chi connectivity index (χ4n) is 3.21. The zero-order chi connectivity index (χ0) is 17.8. The van der Waals surface area contributed by atoms with Crippen molar-refractivity contribution in [2.75, 3.05) is 18.7 Å². The van der Waals surface area contributed by atoms with Crippen molar-refractivity contribution in [1.29, 1.82) is 0 Å². The average molecular weight is 360 g/mol. The number of fused-ring (bicyclic) bond motifs is 2. The minimum absolute atomic E-state index is 0.103. The van der Waals surface area contributed by atoms with E-state index in [0.29, 0.717) is 33.3 Å². The Kier molecular flexibility index (Phi) is 3.49. The minimum atomic E-state index is -1.94. The molecule has 0 fully saturated rings. The lowest BCUT2D eigenvalue weighted by atomic mass is 9.88. The van der Waals surface area contributed by atoms with Crippen molar-refractivity contribution in [2.45, 2.75) is 12.0 Å². The van der Waals surface area contributed by atoms with Crippen LogP contribution in [0.3, 0.4) is 0 Å². The van der Waals surface area contributed by atoms with Crippen LogP contribution < -0.4 is 14.4 Å². The maximum absolute atomic E-state index is 12.7. The molecule has 1 amide bonds. The molecule has 1 N–H and O–H groups in total. The van der Waals surface area contributed by atoms with E-state index in [1.165, 1.54) is 11.0 Å². The largest absolute Gasteiger partial charge is 0.454 e. The summed E-state index contributed by atoms with van der Waals surface area (Å²) in [5.41, 5.74) is -0.733. The number of rotatable bonds is 3. The third-order valence-electron chi connectivity index (χ3n) is 4.53. The molecule has 2 aliphatic rings. The van der Waals surface area contributed by atoms with E-state index in [9.17, 15) is 14.7 Å². The standard InChI is InChI=1S/C18H14ClNO5/c1-20-13-4-3-11(19)7-12(13)18(23,17(20)22)8-14(21)10-2-5-15-16(6-10)25-9-24-15/h2-7,23H,8-9H2,1H3. The van der Waals surface area contributed by atoms with Gasteiger partial charge < -0.3 is 19.5 Å². The maximum Gasteiger partial charge on any atom is 0.263 e. The molecule has 7 heteroatoms. The highest BCUT2D eigenvalue weighted by atomic mass is 35.5. The molecule has 1 atom stereocenters. The molecule has 2 aromatic rings. The molecule has 0 saturated heterocycles. The summed E-state index contributed by atoms with van der Waals surface area (Å²) >= 11 is 6.01. The van der Waals surface area contributed by atoms with Gasteiger partial charge in [0, 0.05) is 23.2 Å². The summed E-state index contributed by atoms with van der Waals surface area (Å²) in [6.45, 7) is 0.103. The number of carbonyl (C=O) groups is 2. The highest BCUT2D eigenvalue weighted by Gasteiger charge is 2.49. The zero-order valence-electron chi connectivity index (χ0n) is 13.3. The smallest absolute Gasteiger partial charge is 0.263 e. The number of halogens is 1. The molecule has 0 bridgehead atoms. The van der Waals surface area contributed by atoms with Gasteiger partial charge in [0.25, 0.3) is 5.91 Å². The van der Waals surface area contributed by atoms with Crippen LogP contribution >= 0.6 is 11.6 Å². The minimum Gasteiger partial charge on any atom is -0.454 e. The van der Waals surface area contributed by atoms with Gasteiger partial charge in [0.1, 0.15) is 0 Å². The maximum atomic E-state index is 12.7. The Morgan fingerprint density at radius 2 is 2.00 bits per heavy atom. The third kappa shape index (κ3) is 2.37. The summed E-state index contributed by atoms with van der Waals surface area (Å²) in [6.07, 6.45) is -0.386. The molecule has 128 valence electrons. The Bertz CT molecular complexity index is 912. The molecule has 0 spiro atoms. The Morgan fingerprint density at radius 1 is 1.24 bits per heavy atom. The topological polar surface area (TPSA) is 76.1 Å². The van der Waals surface area contributed by atoms with Crippen LogP contribution in [0, 0.1) is 0 Å². The van der Waals surface area contributed by atoms with Crippen LogP contribution in [0.1, 0.15) is 22.3 Å². The molecule has 2 aliphatic heterocycles. The Labute approximate surface area is 148 Å². The highest BCUT2D eigenvalue weighted by molar-refractivity contribution is 6.31. The van der Waals surface area contributed by atoms with Crippen LogP contribution in [0.15, 0.2) is 36.4 Å². The van der Waals surface area contributed by atoms with E-state index < -0.39 is 11.5 Å². The summed E-state index contributed by atoms with van der Waals surface area (Å²) in [7, 11) is 1.55. The Hall–Kier alpha value is -2.57. The molecular weight excluding hydrogens is 346 g/mol. The normalized spacial score (nSPS) is 20.8. The SMILES string of the molecule is CN1C(=O)C(O)(CC(=O)c2ccc3c(c2)OCO3)c2cc(Cl)ccc21. The molecule has 0 aliphatic carbocycles. The van der Waals surface area contributed by atoms with E-state index in [1.54, 1.807) is 37.4 Å². The van der Waals surface area contributed by atoms with Gasteiger partial charge in [-0.1, -0.05) is 11.6 Å². The van der Waals surface area contributed by atoms with Crippen LogP contribution in [0.4, 0.5) is 5.69 Å². The third-order valence-corrected chi connectivity index (χ3v) is 4.77. The van der Waals surface area contributed by atoms with Crippen LogP contribution in [-0.4, -0.2) is 30.6 Å². The molecule has 2 aromatic carbocycles. The van der Waals surface area contributed by atoms with Gasteiger partial charge in [-0.05, 0) is 36.4 Å². The number of anilines is 1. The van der Waals surface area contributed by atoms with Crippen LogP contribution in [0.25, 0.3) is 0 Å². The van der Waals surface area contributed by atoms with Crippen molar-refractivity contribution in [1.82, 2.24) is 0 Å². The number of ketones is 1. The van der Waals surface area contributed by atoms with Crippen molar-refractivity contribution >= 4 is 29.0 Å². The van der Waals surface area contributed by atoms with Crippen LogP contribution in [0.5, 0.6) is 11.5 Å². The number of ether oxygens (including phenoxy) is 2. The lowest BCUT2D eigenvalue weighted by molar-refractivity contribution is -0.135. The monoisotopic (exact) mass is 359 g/mol. The van der Waals surface area contributed by atoms with Gasteiger partial charge in [0.05, 0.1) is 12.1 Å². The second-order valence-corrected chi connectivity index (χ2v) is 6.49. The summed E-state index contributed by atoms with van der Waals surface area (Å²) in [6, 6.07) is 9.57. The number of benzene rings is 2. The fraction of sp³-hybridized carbons (Fsp3) is 0.222. The molecule has 1 unspecified atom stereocenters. The quantitative estimate of drug-likeness (QED) is 0.852. The number of hydrogen-bond acceptors (Lipinski definition) is 5. The fourth-order valence-corrected chi connectivity index (χ4v) is 3.38. The molecule has 4 rings (SSSR count). The summed E-state index contributed by atoms with van der Waals surface area (Å²) in [5.74, 6) is 0.0921. The molecule has 25 heavy (non-hydrogen) atoms. The second-order valence-electron chi connectivity index (χ2n) is 6.05. The first-order chi connectivity index (χ1) is 11.9. The first-order valence-electron chi connectivity index (χ1n) is 7.63. The van der Waals surface area contributed by atoms with Gasteiger partial charge in [-0.25, -0.2) is 0 Å². The lowest BCUT2D eigenvalue weighted by Crippen LogP contribution is -2.40. The van der Waals surface area contributed by atoms with Crippen molar-refractivity contribution < 1.29 is 24.2 Å². The number of hydrogen-bond donors (Lipinski definition) is 1. The van der Waals surface area contributed by atoms with Gasteiger partial charge in [-0.3, -0.25) is 9.59 Å². The molecule has 6 nitrogen and oxygen atoms in total. The summed E-state index contributed by atoms with van der Waals surface area (Å²) < 4.78 is 10.5. The van der Waals surface area contributed by atoms with Gasteiger partial charge in [-0.2, -0.15) is 0 Å². The van der Waals surface area contributed by atoms with Crippen molar-refractivity contribution in [3.05, 3.63) is 52.5 Å². The number of carbonyl (C=O) groups excluding carboxylic acids is 2. The zero-order valence-corrected chi connectivity index (χ0v) is 14.0. The van der Waals surface area contributed by atoms with E-state index in [2.05, 4.69) is 0 Å². The number of Topliss-reactive ketones (excluding diaryl/α,β-unsaturated/α-hetero) is 1. The Morgan fingerprint density at radius 3 is 2.80 bits per heavy atom. The van der Waals surface area contributed by atoms with Gasteiger partial charge in [0.2, 0.25) is 6.79 Å². The van der Waals surface area contributed by atoms with Crippen LogP contribution in [-0.2, 0) is 10.4 Å². The van der Waals surface area contributed by atoms with Gasteiger partial charge in [-0.15, -0.1) is 0 Å². The van der Waals surface area contributed by atoms with E-state index in [-0.39, 0.29) is 19.0 Å². The number of nitrogens with zero attached hydrogens (tertiary/aromatic N) is 1. The predicted molar refractivity (Wildman–Crippen MR) is 90.3 cm³/mol. The average Bonchev–Trinajstić information content (AvgIpc) is 3.13. The van der Waals surface area contributed by atoms with Gasteiger partial charge >= 0.3 is 0 Å². The second kappa shape index (κ2) is 5.47. The van der Waals surface area contributed by atoms with Crippen molar-refractivity contribution in [2.24, 2.45) is 0 Å². The van der Waals surface area contributed by atoms with Crippen molar-refractivity contribution in [3.8, 4) is 11.5 Å². The van der Waals surface area contributed by atoms with E-state index >= 15 is 0 Å². The predicted octanol–water partition coefficient (Wildman–Crippen LogP) is 2.51. The Balaban J connectivity index is 1.69. The molecule has 2 heterocycles. The van der Waals surface area contributed by atoms with Crippen LogP contribution in [0.2, 0.25) is 5.02 Å². The highest BCUT2D eigenvalue weighted by Crippen LogP contribution is 2.43. The van der Waals surface area contributed by atoms with E-state index in [4.69, 9.17) is 21.1 Å². The van der Waals surface area contributed by atoms with Crippen molar-refractivity contribution in [3.63, 3.8) is 0 Å². The summed E-state index contributed by atoms with van der Waals surface area (Å²) in [5, 5.41) is 11.4. The molecular formula is C18H14ClNO5. The molecule has 0 saturated carbocycles. The van der Waals surface area contributed by atoms with E-state index in [1.807, 2.05) is 0 Å². The summed E-state index contributed by atoms with van der Waals surface area (Å²) in [4.78, 5) is 26.6. The number of amides is 1. The lowest BCUT2D eigenvalue weighted by Gasteiger charge is -2.21. The molecule has 0 radical (unpaired) electrons. The first-order valence-corrected chi connectivity index (χ1v) is 8.01. The molecule has 0 aromatic heterocycles. The van der Waals surface area contributed by atoms with Gasteiger partial charge in [0.15, 0.2) is 22.9 Å². The van der Waals surface area contributed by atoms with E-state index in [0.717, 1.165) is 0 Å².